The van der Waals surface area contributed by atoms with Gasteiger partial charge in [-0.2, -0.15) is 0 Å². The number of methoxy groups -OCH3 is 1. The summed E-state index contributed by atoms with van der Waals surface area (Å²) in [5.41, 5.74) is 5.89. The third-order valence-corrected chi connectivity index (χ3v) is 3.68. The van der Waals surface area contributed by atoms with Crippen molar-refractivity contribution in [1.82, 2.24) is 0 Å². The Kier molecular flexibility index (Phi) is 5.15. The molecule has 1 aromatic carbocycles. The SMILES string of the molecule is COCCOC1C(N)CC1Oc1ccc(F)cc1Br. The van der Waals surface area contributed by atoms with Crippen LogP contribution in [-0.2, 0) is 9.47 Å². The minimum Gasteiger partial charge on any atom is -0.486 e. The van der Waals surface area contributed by atoms with E-state index < -0.39 is 0 Å². The maximum Gasteiger partial charge on any atom is 0.134 e. The molecular formula is C13H17BrFNO3. The monoisotopic (exact) mass is 333 g/mol. The zero-order valence-corrected chi connectivity index (χ0v) is 12.2. The molecule has 3 atom stereocenters. The zero-order chi connectivity index (χ0) is 13.8. The molecule has 2 N–H and O–H groups in total. The maximum absolute atomic E-state index is 13.0. The summed E-state index contributed by atoms with van der Waals surface area (Å²) in [5.74, 6) is 0.288. The summed E-state index contributed by atoms with van der Waals surface area (Å²) < 4.78 is 29.9. The molecule has 0 aliphatic heterocycles. The van der Waals surface area contributed by atoms with Crippen LogP contribution in [0.5, 0.6) is 5.75 Å². The van der Waals surface area contributed by atoms with Gasteiger partial charge < -0.3 is 19.9 Å². The van der Waals surface area contributed by atoms with Gasteiger partial charge >= 0.3 is 0 Å². The first kappa shape index (κ1) is 14.7. The van der Waals surface area contributed by atoms with Crippen molar-refractivity contribution in [3.05, 3.63) is 28.5 Å². The van der Waals surface area contributed by atoms with E-state index in [0.717, 1.165) is 6.42 Å². The molecule has 1 aliphatic carbocycles. The molecule has 1 saturated carbocycles. The number of halogens is 2. The van der Waals surface area contributed by atoms with Crippen LogP contribution >= 0.6 is 15.9 Å². The Morgan fingerprint density at radius 3 is 2.84 bits per heavy atom. The van der Waals surface area contributed by atoms with Crippen molar-refractivity contribution in [2.75, 3.05) is 20.3 Å². The molecule has 0 saturated heterocycles. The van der Waals surface area contributed by atoms with Crippen LogP contribution in [0.15, 0.2) is 22.7 Å². The molecule has 2 rings (SSSR count). The molecule has 0 spiro atoms. The number of rotatable bonds is 6. The lowest BCUT2D eigenvalue weighted by atomic mass is 9.86. The first-order valence-electron chi connectivity index (χ1n) is 6.09. The molecule has 1 aromatic rings. The summed E-state index contributed by atoms with van der Waals surface area (Å²) in [5, 5.41) is 0. The van der Waals surface area contributed by atoms with E-state index in [-0.39, 0.29) is 24.1 Å². The minimum absolute atomic E-state index is 0.0268. The minimum atomic E-state index is -0.308. The van der Waals surface area contributed by atoms with Gasteiger partial charge in [0.05, 0.1) is 17.7 Å². The largest absolute Gasteiger partial charge is 0.486 e. The zero-order valence-electron chi connectivity index (χ0n) is 10.6. The molecule has 4 nitrogen and oxygen atoms in total. The van der Waals surface area contributed by atoms with Crippen LogP contribution in [0.1, 0.15) is 6.42 Å². The van der Waals surface area contributed by atoms with E-state index in [1.165, 1.54) is 12.1 Å². The first-order chi connectivity index (χ1) is 9.11. The molecular weight excluding hydrogens is 317 g/mol. The van der Waals surface area contributed by atoms with E-state index in [9.17, 15) is 4.39 Å². The van der Waals surface area contributed by atoms with E-state index in [1.54, 1.807) is 13.2 Å². The summed E-state index contributed by atoms with van der Waals surface area (Å²) in [6.45, 7) is 1.01. The summed E-state index contributed by atoms with van der Waals surface area (Å²) in [6, 6.07) is 4.30. The molecule has 0 heterocycles. The molecule has 0 amide bonds. The number of ether oxygens (including phenoxy) is 3. The van der Waals surface area contributed by atoms with Crippen molar-refractivity contribution in [1.29, 1.82) is 0 Å². The van der Waals surface area contributed by atoms with Crippen molar-refractivity contribution in [3.63, 3.8) is 0 Å². The van der Waals surface area contributed by atoms with Crippen LogP contribution in [0.3, 0.4) is 0 Å². The highest BCUT2D eigenvalue weighted by Gasteiger charge is 2.41. The highest BCUT2D eigenvalue weighted by molar-refractivity contribution is 9.10. The smallest absolute Gasteiger partial charge is 0.134 e. The lowest BCUT2D eigenvalue weighted by Crippen LogP contribution is -2.59. The van der Waals surface area contributed by atoms with Crippen molar-refractivity contribution in [2.45, 2.75) is 24.7 Å². The van der Waals surface area contributed by atoms with Crippen molar-refractivity contribution >= 4 is 15.9 Å². The van der Waals surface area contributed by atoms with Gasteiger partial charge in [-0.3, -0.25) is 0 Å². The van der Waals surface area contributed by atoms with Crippen LogP contribution in [0.25, 0.3) is 0 Å². The standard InChI is InChI=1S/C13H17BrFNO3/c1-17-4-5-18-13-10(16)7-12(13)19-11-3-2-8(15)6-9(11)14/h2-3,6,10,12-13H,4-5,7,16H2,1H3. The summed E-state index contributed by atoms with van der Waals surface area (Å²) >= 11 is 3.27. The summed E-state index contributed by atoms with van der Waals surface area (Å²) in [4.78, 5) is 0. The van der Waals surface area contributed by atoms with Crippen LogP contribution in [0, 0.1) is 5.82 Å². The van der Waals surface area contributed by atoms with Gasteiger partial charge in [-0.05, 0) is 34.1 Å². The molecule has 1 aliphatic rings. The van der Waals surface area contributed by atoms with Gasteiger partial charge in [0.2, 0.25) is 0 Å². The average Bonchev–Trinajstić information content (AvgIpc) is 2.37. The lowest BCUT2D eigenvalue weighted by Gasteiger charge is -2.41. The molecule has 19 heavy (non-hydrogen) atoms. The van der Waals surface area contributed by atoms with Gasteiger partial charge in [0.1, 0.15) is 23.8 Å². The Bertz CT molecular complexity index is 432. The summed E-state index contributed by atoms with van der Waals surface area (Å²) in [6.07, 6.45) is 0.474. The van der Waals surface area contributed by atoms with Crippen molar-refractivity contribution in [2.24, 2.45) is 5.73 Å². The second-order valence-corrected chi connectivity index (χ2v) is 5.31. The van der Waals surface area contributed by atoms with E-state index in [4.69, 9.17) is 19.9 Å². The van der Waals surface area contributed by atoms with E-state index in [0.29, 0.717) is 23.4 Å². The predicted octanol–water partition coefficient (Wildman–Crippen LogP) is 2.10. The van der Waals surface area contributed by atoms with Gasteiger partial charge in [-0.1, -0.05) is 0 Å². The van der Waals surface area contributed by atoms with Gasteiger partial charge in [-0.25, -0.2) is 4.39 Å². The third-order valence-electron chi connectivity index (χ3n) is 3.06. The normalized spacial score (nSPS) is 26.0. The molecule has 106 valence electrons. The Balaban J connectivity index is 1.91. The van der Waals surface area contributed by atoms with Crippen LogP contribution in [0.4, 0.5) is 4.39 Å². The van der Waals surface area contributed by atoms with Crippen molar-refractivity contribution < 1.29 is 18.6 Å². The highest BCUT2D eigenvalue weighted by Crippen LogP contribution is 2.32. The fraction of sp³-hybridized carbons (Fsp3) is 0.538. The lowest BCUT2D eigenvalue weighted by molar-refractivity contribution is -0.107. The summed E-state index contributed by atoms with van der Waals surface area (Å²) in [7, 11) is 1.62. The average molecular weight is 334 g/mol. The Morgan fingerprint density at radius 2 is 2.21 bits per heavy atom. The van der Waals surface area contributed by atoms with Gasteiger partial charge in [0, 0.05) is 19.6 Å². The Hall–Kier alpha value is -0.690. The number of nitrogens with two attached hydrogens (primary N) is 1. The first-order valence-corrected chi connectivity index (χ1v) is 6.89. The van der Waals surface area contributed by atoms with Crippen molar-refractivity contribution in [3.8, 4) is 5.75 Å². The highest BCUT2D eigenvalue weighted by atomic mass is 79.9. The predicted molar refractivity (Wildman–Crippen MR) is 72.7 cm³/mol. The molecule has 0 bridgehead atoms. The number of hydrogen-bond donors (Lipinski definition) is 1. The van der Waals surface area contributed by atoms with Gasteiger partial charge in [0.25, 0.3) is 0 Å². The third kappa shape index (κ3) is 3.66. The van der Waals surface area contributed by atoms with Gasteiger partial charge in [-0.15, -0.1) is 0 Å². The van der Waals surface area contributed by atoms with Gasteiger partial charge in [0.15, 0.2) is 0 Å². The number of hydrogen-bond acceptors (Lipinski definition) is 4. The van der Waals surface area contributed by atoms with E-state index >= 15 is 0 Å². The molecule has 1 fully saturated rings. The van der Waals surface area contributed by atoms with Crippen LogP contribution in [-0.4, -0.2) is 38.6 Å². The Morgan fingerprint density at radius 1 is 1.42 bits per heavy atom. The fourth-order valence-corrected chi connectivity index (χ4v) is 2.41. The second kappa shape index (κ2) is 6.65. The maximum atomic E-state index is 13.0. The second-order valence-electron chi connectivity index (χ2n) is 4.46. The van der Waals surface area contributed by atoms with E-state index in [2.05, 4.69) is 15.9 Å². The number of benzene rings is 1. The molecule has 0 aromatic heterocycles. The van der Waals surface area contributed by atoms with E-state index in [1.807, 2.05) is 0 Å². The molecule has 0 radical (unpaired) electrons. The molecule has 3 unspecified atom stereocenters. The fourth-order valence-electron chi connectivity index (χ4n) is 1.96. The topological polar surface area (TPSA) is 53.7 Å². The molecule has 6 heteroatoms. The quantitative estimate of drug-likeness (QED) is 0.810. The Labute approximate surface area is 120 Å². The van der Waals surface area contributed by atoms with Crippen LogP contribution < -0.4 is 10.5 Å². The van der Waals surface area contributed by atoms with Crippen LogP contribution in [0.2, 0.25) is 0 Å².